The second-order valence-corrected chi connectivity index (χ2v) is 6.38. The van der Waals surface area contributed by atoms with E-state index >= 15 is 0 Å². The maximum Gasteiger partial charge on any atom is 0.166 e. The molecule has 4 heteroatoms. The van der Waals surface area contributed by atoms with Gasteiger partial charge in [-0.05, 0) is 44.4 Å². The highest BCUT2D eigenvalue weighted by molar-refractivity contribution is 5.54. The molecule has 0 amide bonds. The van der Waals surface area contributed by atoms with E-state index in [1.807, 2.05) is 6.07 Å². The Morgan fingerprint density at radius 2 is 1.80 bits per heavy atom. The van der Waals surface area contributed by atoms with Gasteiger partial charge in [-0.25, -0.2) is 4.39 Å². The molecule has 2 N–H and O–H groups in total. The average Bonchev–Trinajstić information content (AvgIpc) is 2.84. The average molecular weight is 279 g/mol. The summed E-state index contributed by atoms with van der Waals surface area (Å²) in [6.45, 7) is 4.13. The van der Waals surface area contributed by atoms with Gasteiger partial charge in [0.25, 0.3) is 0 Å². The van der Waals surface area contributed by atoms with Crippen LogP contribution < -0.4 is 15.2 Å². The number of hydrogen-bond donors (Lipinski definition) is 1. The molecule has 20 heavy (non-hydrogen) atoms. The minimum absolute atomic E-state index is 0.411. The fourth-order valence-corrected chi connectivity index (χ4v) is 3.14. The van der Waals surface area contributed by atoms with Crippen molar-refractivity contribution in [2.45, 2.75) is 50.7 Å². The molecule has 0 radical (unpaired) electrons. The predicted octanol–water partition coefficient (Wildman–Crippen LogP) is 3.39. The highest BCUT2D eigenvalue weighted by atomic mass is 19.1. The van der Waals surface area contributed by atoms with Crippen LogP contribution in [0.25, 0.3) is 0 Å². The molecule has 1 aromatic rings. The largest absolute Gasteiger partial charge is 0.486 e. The SMILES string of the molecule is CC(C)(F)c1cc2c(c(C3(N)CCCC3)c1)OCCO2. The van der Waals surface area contributed by atoms with Crippen molar-refractivity contribution in [3.8, 4) is 11.5 Å². The maximum absolute atomic E-state index is 14.3. The third-order valence-corrected chi connectivity index (χ3v) is 4.36. The first-order valence-corrected chi connectivity index (χ1v) is 7.33. The van der Waals surface area contributed by atoms with Gasteiger partial charge in [0.2, 0.25) is 0 Å². The van der Waals surface area contributed by atoms with Crippen molar-refractivity contribution in [1.29, 1.82) is 0 Å². The van der Waals surface area contributed by atoms with Crippen molar-refractivity contribution in [3.63, 3.8) is 0 Å². The molecule has 0 saturated heterocycles. The van der Waals surface area contributed by atoms with Gasteiger partial charge in [-0.15, -0.1) is 0 Å². The summed E-state index contributed by atoms with van der Waals surface area (Å²) in [7, 11) is 0. The van der Waals surface area contributed by atoms with Crippen LogP contribution in [-0.4, -0.2) is 13.2 Å². The van der Waals surface area contributed by atoms with Crippen molar-refractivity contribution in [1.82, 2.24) is 0 Å². The molecule has 0 spiro atoms. The first kappa shape index (κ1) is 13.7. The Balaban J connectivity index is 2.15. The van der Waals surface area contributed by atoms with Crippen LogP contribution in [-0.2, 0) is 11.2 Å². The molecular formula is C16H22FNO2. The van der Waals surface area contributed by atoms with E-state index in [0.717, 1.165) is 31.2 Å². The van der Waals surface area contributed by atoms with E-state index < -0.39 is 11.2 Å². The molecule has 0 unspecified atom stereocenters. The number of fused-ring (bicyclic) bond motifs is 1. The number of rotatable bonds is 2. The van der Waals surface area contributed by atoms with E-state index in [9.17, 15) is 4.39 Å². The summed E-state index contributed by atoms with van der Waals surface area (Å²) < 4.78 is 25.8. The van der Waals surface area contributed by atoms with E-state index in [0.29, 0.717) is 30.3 Å². The van der Waals surface area contributed by atoms with Gasteiger partial charge in [0.15, 0.2) is 11.5 Å². The van der Waals surface area contributed by atoms with Gasteiger partial charge in [0.05, 0.1) is 0 Å². The molecular weight excluding hydrogens is 257 g/mol. The molecule has 0 aromatic heterocycles. The summed E-state index contributed by atoms with van der Waals surface area (Å²) in [6.07, 6.45) is 4.04. The smallest absolute Gasteiger partial charge is 0.166 e. The quantitative estimate of drug-likeness (QED) is 0.902. The van der Waals surface area contributed by atoms with Crippen LogP contribution in [0.3, 0.4) is 0 Å². The molecule has 1 fully saturated rings. The molecule has 2 aliphatic rings. The second kappa shape index (κ2) is 4.62. The monoisotopic (exact) mass is 279 g/mol. The van der Waals surface area contributed by atoms with Crippen molar-refractivity contribution in [2.75, 3.05) is 13.2 Å². The van der Waals surface area contributed by atoms with E-state index in [4.69, 9.17) is 15.2 Å². The van der Waals surface area contributed by atoms with Crippen LogP contribution >= 0.6 is 0 Å². The first-order valence-electron chi connectivity index (χ1n) is 7.33. The van der Waals surface area contributed by atoms with E-state index in [2.05, 4.69) is 0 Å². The number of nitrogens with two attached hydrogens (primary N) is 1. The summed E-state index contributed by atoms with van der Waals surface area (Å²) in [5, 5.41) is 0. The first-order chi connectivity index (χ1) is 9.40. The Bertz CT molecular complexity index is 516. The number of alkyl halides is 1. The van der Waals surface area contributed by atoms with Crippen LogP contribution in [0.2, 0.25) is 0 Å². The van der Waals surface area contributed by atoms with Gasteiger partial charge in [-0.2, -0.15) is 0 Å². The highest BCUT2D eigenvalue weighted by Crippen LogP contribution is 2.47. The summed E-state index contributed by atoms with van der Waals surface area (Å²) in [4.78, 5) is 0. The Morgan fingerprint density at radius 3 is 2.45 bits per heavy atom. The fraction of sp³-hybridized carbons (Fsp3) is 0.625. The number of ether oxygens (including phenoxy) is 2. The lowest BCUT2D eigenvalue weighted by molar-refractivity contribution is 0.164. The number of halogens is 1. The molecule has 3 nitrogen and oxygen atoms in total. The van der Waals surface area contributed by atoms with Gasteiger partial charge in [-0.1, -0.05) is 12.8 Å². The van der Waals surface area contributed by atoms with E-state index in [1.54, 1.807) is 19.9 Å². The molecule has 1 aliphatic carbocycles. The van der Waals surface area contributed by atoms with Crippen LogP contribution in [0.15, 0.2) is 12.1 Å². The Morgan fingerprint density at radius 1 is 1.15 bits per heavy atom. The number of benzene rings is 1. The summed E-state index contributed by atoms with van der Waals surface area (Å²) in [5.41, 5.74) is 6.25. The molecule has 1 aromatic carbocycles. The van der Waals surface area contributed by atoms with Gasteiger partial charge >= 0.3 is 0 Å². The zero-order valence-corrected chi connectivity index (χ0v) is 12.2. The molecule has 0 bridgehead atoms. The van der Waals surface area contributed by atoms with Crippen LogP contribution in [0.1, 0.15) is 50.7 Å². The Labute approximate surface area is 119 Å². The van der Waals surface area contributed by atoms with Crippen molar-refractivity contribution in [3.05, 3.63) is 23.3 Å². The molecule has 110 valence electrons. The molecule has 1 saturated carbocycles. The van der Waals surface area contributed by atoms with Crippen LogP contribution in [0.4, 0.5) is 4.39 Å². The van der Waals surface area contributed by atoms with Crippen molar-refractivity contribution >= 4 is 0 Å². The van der Waals surface area contributed by atoms with Crippen molar-refractivity contribution < 1.29 is 13.9 Å². The lowest BCUT2D eigenvalue weighted by atomic mass is 9.85. The highest BCUT2D eigenvalue weighted by Gasteiger charge is 2.37. The third-order valence-electron chi connectivity index (χ3n) is 4.36. The van der Waals surface area contributed by atoms with Gasteiger partial charge in [0, 0.05) is 11.1 Å². The van der Waals surface area contributed by atoms with E-state index in [1.165, 1.54) is 0 Å². The number of hydrogen-bond acceptors (Lipinski definition) is 3. The Kier molecular flexibility index (Phi) is 3.16. The molecule has 1 heterocycles. The van der Waals surface area contributed by atoms with Gasteiger partial charge < -0.3 is 15.2 Å². The lowest BCUT2D eigenvalue weighted by Crippen LogP contribution is -2.35. The van der Waals surface area contributed by atoms with Crippen LogP contribution in [0.5, 0.6) is 11.5 Å². The lowest BCUT2D eigenvalue weighted by Gasteiger charge is -2.31. The second-order valence-electron chi connectivity index (χ2n) is 6.38. The predicted molar refractivity (Wildman–Crippen MR) is 75.9 cm³/mol. The molecule has 3 rings (SSSR count). The maximum atomic E-state index is 14.3. The topological polar surface area (TPSA) is 44.5 Å². The van der Waals surface area contributed by atoms with Crippen LogP contribution in [0, 0.1) is 0 Å². The standard InChI is InChI=1S/C16H22FNO2/c1-15(2,17)11-9-12(16(18)5-3-4-6-16)14-13(10-11)19-7-8-20-14/h9-10H,3-8,18H2,1-2H3. The summed E-state index contributed by atoms with van der Waals surface area (Å²) in [6, 6.07) is 3.62. The zero-order valence-electron chi connectivity index (χ0n) is 12.2. The fourth-order valence-electron chi connectivity index (χ4n) is 3.14. The summed E-state index contributed by atoms with van der Waals surface area (Å²) in [5.74, 6) is 1.35. The normalized spacial score (nSPS) is 21.0. The van der Waals surface area contributed by atoms with E-state index in [-0.39, 0.29) is 0 Å². The third kappa shape index (κ3) is 2.26. The van der Waals surface area contributed by atoms with Gasteiger partial charge in [0.1, 0.15) is 18.9 Å². The van der Waals surface area contributed by atoms with Gasteiger partial charge in [-0.3, -0.25) is 0 Å². The molecule has 0 atom stereocenters. The minimum Gasteiger partial charge on any atom is -0.486 e. The summed E-state index contributed by atoms with van der Waals surface area (Å²) >= 11 is 0. The Hall–Kier alpha value is -1.29. The zero-order chi connectivity index (χ0) is 14.4. The molecule has 1 aliphatic heterocycles. The minimum atomic E-state index is -1.42. The van der Waals surface area contributed by atoms with Crippen molar-refractivity contribution in [2.24, 2.45) is 5.73 Å².